The van der Waals surface area contributed by atoms with Crippen LogP contribution in [0.2, 0.25) is 0 Å². The van der Waals surface area contributed by atoms with Crippen molar-refractivity contribution in [2.24, 2.45) is 0 Å². The van der Waals surface area contributed by atoms with E-state index in [0.717, 1.165) is 19.5 Å². The van der Waals surface area contributed by atoms with Crippen LogP contribution in [-0.2, 0) is 11.3 Å². The zero-order valence-corrected chi connectivity index (χ0v) is 13.5. The van der Waals surface area contributed by atoms with E-state index in [9.17, 15) is 4.79 Å². The number of carbonyl (C=O) groups excluding carboxylic acids is 1. The van der Waals surface area contributed by atoms with Crippen molar-refractivity contribution in [3.63, 3.8) is 0 Å². The summed E-state index contributed by atoms with van der Waals surface area (Å²) in [7, 11) is 0. The molecular weight excluding hydrogens is 276 g/mol. The first kappa shape index (κ1) is 15.5. The molecule has 5 heteroatoms. The van der Waals surface area contributed by atoms with E-state index in [4.69, 9.17) is 0 Å². The van der Waals surface area contributed by atoms with Gasteiger partial charge in [-0.15, -0.1) is 0 Å². The van der Waals surface area contributed by atoms with Crippen LogP contribution in [0.15, 0.2) is 18.7 Å². The number of nitrogens with one attached hydrogen (secondary N) is 1. The summed E-state index contributed by atoms with van der Waals surface area (Å²) in [5.41, 5.74) is 0.260. The third-order valence-corrected chi connectivity index (χ3v) is 5.31. The van der Waals surface area contributed by atoms with E-state index in [1.54, 1.807) is 12.5 Å². The highest BCUT2D eigenvalue weighted by Gasteiger charge is 2.40. The van der Waals surface area contributed by atoms with Crippen LogP contribution in [0, 0.1) is 0 Å². The Labute approximate surface area is 133 Å². The Balaban J connectivity index is 1.42. The van der Waals surface area contributed by atoms with E-state index in [-0.39, 0.29) is 11.4 Å². The third-order valence-electron chi connectivity index (χ3n) is 5.31. The standard InChI is InChI=1S/C17H28N4O/c22-16(6-5-10-20-13-9-18-15-20)19-14-17(7-1-2-8-17)21-11-3-4-12-21/h9,13,15H,1-8,10-12,14H2,(H,19,22). The maximum absolute atomic E-state index is 12.1. The Morgan fingerprint density at radius 2 is 1.95 bits per heavy atom. The fourth-order valence-corrected chi connectivity index (χ4v) is 4.02. The van der Waals surface area contributed by atoms with Crippen molar-refractivity contribution >= 4 is 5.91 Å². The van der Waals surface area contributed by atoms with Gasteiger partial charge in [-0.3, -0.25) is 9.69 Å². The normalized spacial score (nSPS) is 21.3. The van der Waals surface area contributed by atoms with E-state index in [1.165, 1.54) is 51.6 Å². The van der Waals surface area contributed by atoms with Gasteiger partial charge < -0.3 is 9.88 Å². The molecule has 1 saturated carbocycles. The van der Waals surface area contributed by atoms with Crippen molar-refractivity contribution < 1.29 is 4.79 Å². The van der Waals surface area contributed by atoms with Crippen molar-refractivity contribution in [1.29, 1.82) is 0 Å². The van der Waals surface area contributed by atoms with Crippen molar-refractivity contribution in [2.45, 2.75) is 63.5 Å². The maximum Gasteiger partial charge on any atom is 0.220 e. The second-order valence-corrected chi connectivity index (χ2v) is 6.81. The lowest BCUT2D eigenvalue weighted by molar-refractivity contribution is -0.121. The van der Waals surface area contributed by atoms with Crippen molar-refractivity contribution in [1.82, 2.24) is 19.8 Å². The Hall–Kier alpha value is -1.36. The van der Waals surface area contributed by atoms with Crippen LogP contribution in [-0.4, -0.2) is 45.5 Å². The van der Waals surface area contributed by atoms with E-state index in [1.807, 2.05) is 10.8 Å². The molecule has 3 rings (SSSR count). The highest BCUT2D eigenvalue weighted by molar-refractivity contribution is 5.75. The monoisotopic (exact) mass is 304 g/mol. The summed E-state index contributed by atoms with van der Waals surface area (Å²) in [5.74, 6) is 0.200. The van der Waals surface area contributed by atoms with Gasteiger partial charge in [-0.1, -0.05) is 12.8 Å². The Morgan fingerprint density at radius 1 is 1.18 bits per heavy atom. The molecule has 1 amide bonds. The smallest absolute Gasteiger partial charge is 0.220 e. The molecule has 0 spiro atoms. The second kappa shape index (κ2) is 7.27. The molecule has 0 bridgehead atoms. The van der Waals surface area contributed by atoms with E-state index >= 15 is 0 Å². The fourth-order valence-electron chi connectivity index (χ4n) is 4.02. The quantitative estimate of drug-likeness (QED) is 0.840. The average Bonchev–Trinajstić information content (AvgIpc) is 3.26. The van der Waals surface area contributed by atoms with Crippen LogP contribution >= 0.6 is 0 Å². The summed E-state index contributed by atoms with van der Waals surface area (Å²) < 4.78 is 2.02. The third kappa shape index (κ3) is 3.69. The topological polar surface area (TPSA) is 50.2 Å². The molecule has 22 heavy (non-hydrogen) atoms. The van der Waals surface area contributed by atoms with Gasteiger partial charge in [0.05, 0.1) is 6.33 Å². The van der Waals surface area contributed by atoms with Crippen LogP contribution in [0.25, 0.3) is 0 Å². The van der Waals surface area contributed by atoms with E-state index in [2.05, 4.69) is 15.2 Å². The second-order valence-electron chi connectivity index (χ2n) is 6.81. The molecule has 1 aromatic rings. The Morgan fingerprint density at radius 3 is 2.64 bits per heavy atom. The lowest BCUT2D eigenvalue weighted by Crippen LogP contribution is -2.53. The number of carbonyl (C=O) groups is 1. The van der Waals surface area contributed by atoms with Crippen LogP contribution in [0.3, 0.4) is 0 Å². The molecule has 1 N–H and O–H groups in total. The van der Waals surface area contributed by atoms with Gasteiger partial charge in [0.15, 0.2) is 0 Å². The lowest BCUT2D eigenvalue weighted by atomic mass is 9.95. The number of hydrogen-bond acceptors (Lipinski definition) is 3. The first-order valence-electron chi connectivity index (χ1n) is 8.76. The minimum atomic E-state index is 0.200. The summed E-state index contributed by atoms with van der Waals surface area (Å²) in [5, 5.41) is 3.22. The highest BCUT2D eigenvalue weighted by Crippen LogP contribution is 2.36. The Kier molecular flexibility index (Phi) is 5.13. The molecule has 1 saturated heterocycles. The van der Waals surface area contributed by atoms with Crippen molar-refractivity contribution in [3.8, 4) is 0 Å². The van der Waals surface area contributed by atoms with Crippen LogP contribution in [0.5, 0.6) is 0 Å². The summed E-state index contributed by atoms with van der Waals surface area (Å²) in [6.07, 6.45) is 14.8. The minimum Gasteiger partial charge on any atom is -0.354 e. The van der Waals surface area contributed by atoms with Gasteiger partial charge in [0.1, 0.15) is 0 Å². The zero-order chi connectivity index (χ0) is 15.3. The summed E-state index contributed by atoms with van der Waals surface area (Å²) in [6.45, 7) is 4.15. The largest absolute Gasteiger partial charge is 0.354 e. The maximum atomic E-state index is 12.1. The van der Waals surface area contributed by atoms with E-state index < -0.39 is 0 Å². The molecule has 2 heterocycles. The summed E-state index contributed by atoms with van der Waals surface area (Å²) >= 11 is 0. The molecular formula is C17H28N4O. The molecule has 1 aromatic heterocycles. The van der Waals surface area contributed by atoms with Crippen molar-refractivity contribution in [2.75, 3.05) is 19.6 Å². The molecule has 0 radical (unpaired) electrons. The number of rotatable bonds is 7. The van der Waals surface area contributed by atoms with Crippen molar-refractivity contribution in [3.05, 3.63) is 18.7 Å². The predicted molar refractivity (Wildman–Crippen MR) is 86.5 cm³/mol. The number of hydrogen-bond donors (Lipinski definition) is 1. The summed E-state index contributed by atoms with van der Waals surface area (Å²) in [4.78, 5) is 18.8. The molecule has 5 nitrogen and oxygen atoms in total. The first-order chi connectivity index (χ1) is 10.8. The predicted octanol–water partition coefficient (Wildman–Crippen LogP) is 2.19. The van der Waals surface area contributed by atoms with Gasteiger partial charge >= 0.3 is 0 Å². The van der Waals surface area contributed by atoms with Crippen LogP contribution in [0.1, 0.15) is 51.4 Å². The number of likely N-dealkylation sites (tertiary alicyclic amines) is 1. The molecule has 1 aliphatic carbocycles. The Bertz CT molecular complexity index is 459. The van der Waals surface area contributed by atoms with E-state index in [0.29, 0.717) is 6.42 Å². The number of amides is 1. The van der Waals surface area contributed by atoms with Gasteiger partial charge in [0, 0.05) is 37.4 Å². The zero-order valence-electron chi connectivity index (χ0n) is 13.5. The van der Waals surface area contributed by atoms with Gasteiger partial charge in [-0.05, 0) is 45.2 Å². The molecule has 1 aliphatic heterocycles. The minimum absolute atomic E-state index is 0.200. The van der Waals surface area contributed by atoms with Crippen LogP contribution in [0.4, 0.5) is 0 Å². The lowest BCUT2D eigenvalue weighted by Gasteiger charge is -2.39. The number of aromatic nitrogens is 2. The van der Waals surface area contributed by atoms with Gasteiger partial charge in [-0.25, -0.2) is 4.98 Å². The molecule has 0 aromatic carbocycles. The van der Waals surface area contributed by atoms with Gasteiger partial charge in [0.2, 0.25) is 5.91 Å². The molecule has 0 atom stereocenters. The summed E-state index contributed by atoms with van der Waals surface area (Å²) in [6, 6.07) is 0. The first-order valence-corrected chi connectivity index (χ1v) is 8.76. The SMILES string of the molecule is O=C(CCCn1ccnc1)NCC1(N2CCCC2)CCCC1. The molecule has 122 valence electrons. The number of imidazole rings is 1. The van der Waals surface area contributed by atoms with Gasteiger partial charge in [0.25, 0.3) is 0 Å². The average molecular weight is 304 g/mol. The fraction of sp³-hybridized carbons (Fsp3) is 0.765. The highest BCUT2D eigenvalue weighted by atomic mass is 16.1. The van der Waals surface area contributed by atoms with Crippen LogP contribution < -0.4 is 5.32 Å². The number of nitrogens with zero attached hydrogens (tertiary/aromatic N) is 3. The molecule has 2 aliphatic rings. The molecule has 2 fully saturated rings. The molecule has 0 unspecified atom stereocenters. The number of aryl methyl sites for hydroxylation is 1. The van der Waals surface area contributed by atoms with Gasteiger partial charge in [-0.2, -0.15) is 0 Å².